The number of thioether (sulfide) groups is 1. The molecule has 0 fully saturated rings. The summed E-state index contributed by atoms with van der Waals surface area (Å²) in [5.74, 6) is 1.11. The molecule has 9 nitrogen and oxygen atoms in total. The van der Waals surface area contributed by atoms with E-state index in [0.29, 0.717) is 21.7 Å². The third-order valence-electron chi connectivity index (χ3n) is 4.81. The number of fused-ring (bicyclic) bond motifs is 1. The van der Waals surface area contributed by atoms with Crippen LogP contribution in [0.5, 0.6) is 5.75 Å². The molecule has 0 aliphatic rings. The van der Waals surface area contributed by atoms with Gasteiger partial charge in [-0.05, 0) is 37.3 Å². The number of anilines is 1. The summed E-state index contributed by atoms with van der Waals surface area (Å²) in [5, 5.41) is 15.2. The predicted octanol–water partition coefficient (Wildman–Crippen LogP) is 3.66. The Bertz CT molecular complexity index is 1290. The molecule has 2 amide bonds. The first-order valence-electron chi connectivity index (χ1n) is 10.1. The quantitative estimate of drug-likeness (QED) is 0.369. The van der Waals surface area contributed by atoms with E-state index in [1.54, 1.807) is 23.8 Å². The number of amides is 2. The molecule has 2 aromatic heterocycles. The second kappa shape index (κ2) is 10.0. The molecule has 33 heavy (non-hydrogen) atoms. The molecule has 0 saturated carbocycles. The average Bonchev–Trinajstić information content (AvgIpc) is 3.39. The number of benzene rings is 2. The summed E-state index contributed by atoms with van der Waals surface area (Å²) in [5.41, 5.74) is 1.37. The Morgan fingerprint density at radius 2 is 1.97 bits per heavy atom. The van der Waals surface area contributed by atoms with Gasteiger partial charge in [-0.3, -0.25) is 9.59 Å². The Hall–Kier alpha value is -3.44. The van der Waals surface area contributed by atoms with Crippen LogP contribution in [-0.2, 0) is 11.8 Å². The number of thiazole rings is 1. The number of ether oxygens (including phenoxy) is 1. The Balaban J connectivity index is 1.34. The van der Waals surface area contributed by atoms with Crippen LogP contribution in [0, 0.1) is 0 Å². The van der Waals surface area contributed by atoms with Crippen LogP contribution in [0.3, 0.4) is 0 Å². The van der Waals surface area contributed by atoms with Gasteiger partial charge >= 0.3 is 0 Å². The predicted molar refractivity (Wildman–Crippen MR) is 129 cm³/mol. The smallest absolute Gasteiger partial charge is 0.251 e. The summed E-state index contributed by atoms with van der Waals surface area (Å²) in [4.78, 5) is 29.3. The lowest BCUT2D eigenvalue weighted by Crippen LogP contribution is -2.28. The van der Waals surface area contributed by atoms with Crippen molar-refractivity contribution in [3.63, 3.8) is 0 Å². The average molecular weight is 483 g/mol. The van der Waals surface area contributed by atoms with Crippen molar-refractivity contribution >= 4 is 50.3 Å². The Morgan fingerprint density at radius 1 is 1.18 bits per heavy atom. The molecule has 0 radical (unpaired) electrons. The lowest BCUT2D eigenvalue weighted by Gasteiger charge is -2.13. The molecule has 4 aromatic rings. The van der Waals surface area contributed by atoms with Gasteiger partial charge in [0.2, 0.25) is 5.91 Å². The first-order valence-corrected chi connectivity index (χ1v) is 11.9. The van der Waals surface area contributed by atoms with Crippen molar-refractivity contribution in [1.29, 1.82) is 0 Å². The molecule has 4 rings (SSSR count). The van der Waals surface area contributed by atoms with Gasteiger partial charge in [-0.15, -0.1) is 10.2 Å². The second-order valence-electron chi connectivity index (χ2n) is 7.15. The van der Waals surface area contributed by atoms with Gasteiger partial charge in [-0.25, -0.2) is 4.98 Å². The molecule has 11 heteroatoms. The summed E-state index contributed by atoms with van der Waals surface area (Å²) in [6.45, 7) is 1.84. The molecule has 170 valence electrons. The van der Waals surface area contributed by atoms with Crippen molar-refractivity contribution in [3.05, 3.63) is 59.9 Å². The van der Waals surface area contributed by atoms with Gasteiger partial charge in [0.25, 0.3) is 5.91 Å². The standard InChI is InChI=1S/C22H22N6O3S2/c1-13(23-20(30)14-7-5-4-6-8-14)19-26-27-22(28(19)2)32-12-18(29)25-21-24-16-10-9-15(31-3)11-17(16)33-21/h4-11,13H,12H2,1-3H3,(H,23,30)(H,24,25,29)/t13-/m0/s1. The van der Waals surface area contributed by atoms with Crippen LogP contribution in [0.15, 0.2) is 53.7 Å². The number of hydrogen-bond acceptors (Lipinski definition) is 8. The summed E-state index contributed by atoms with van der Waals surface area (Å²) in [6, 6.07) is 14.2. The third kappa shape index (κ3) is 5.32. The minimum atomic E-state index is -0.349. The van der Waals surface area contributed by atoms with Crippen LogP contribution in [0.25, 0.3) is 10.2 Å². The highest BCUT2D eigenvalue weighted by atomic mass is 32.2. The van der Waals surface area contributed by atoms with Crippen LogP contribution in [0.2, 0.25) is 0 Å². The van der Waals surface area contributed by atoms with Crippen LogP contribution >= 0.6 is 23.1 Å². The Kier molecular flexibility index (Phi) is 6.90. The van der Waals surface area contributed by atoms with Gasteiger partial charge in [0.1, 0.15) is 5.75 Å². The highest BCUT2D eigenvalue weighted by Gasteiger charge is 2.19. The number of nitrogens with one attached hydrogen (secondary N) is 2. The maximum Gasteiger partial charge on any atom is 0.251 e. The number of carbonyl (C=O) groups excluding carboxylic acids is 2. The fraction of sp³-hybridized carbons (Fsp3) is 0.227. The van der Waals surface area contributed by atoms with Crippen LogP contribution in [0.4, 0.5) is 5.13 Å². The van der Waals surface area contributed by atoms with E-state index in [0.717, 1.165) is 16.0 Å². The molecule has 0 aliphatic carbocycles. The summed E-state index contributed by atoms with van der Waals surface area (Å²) >= 11 is 2.65. The molecule has 1 atom stereocenters. The number of carbonyl (C=O) groups is 2. The lowest BCUT2D eigenvalue weighted by atomic mass is 10.2. The van der Waals surface area contributed by atoms with E-state index in [1.165, 1.54) is 23.1 Å². The minimum Gasteiger partial charge on any atom is -0.497 e. The van der Waals surface area contributed by atoms with Crippen molar-refractivity contribution in [2.24, 2.45) is 7.05 Å². The molecular formula is C22H22N6O3S2. The van der Waals surface area contributed by atoms with E-state index in [2.05, 4.69) is 25.8 Å². The number of aromatic nitrogens is 4. The number of methoxy groups -OCH3 is 1. The van der Waals surface area contributed by atoms with Crippen molar-refractivity contribution in [3.8, 4) is 5.75 Å². The SMILES string of the molecule is COc1ccc2nc(NC(=O)CSc3nnc([C@H](C)NC(=O)c4ccccc4)n3C)sc2c1. The van der Waals surface area contributed by atoms with Crippen LogP contribution < -0.4 is 15.4 Å². The first kappa shape index (κ1) is 22.7. The van der Waals surface area contributed by atoms with Gasteiger partial charge in [-0.1, -0.05) is 41.3 Å². The minimum absolute atomic E-state index is 0.149. The molecule has 2 N–H and O–H groups in total. The molecule has 0 spiro atoms. The summed E-state index contributed by atoms with van der Waals surface area (Å²) in [7, 11) is 3.42. The Labute approximate surface area is 198 Å². The fourth-order valence-electron chi connectivity index (χ4n) is 3.13. The van der Waals surface area contributed by atoms with Crippen molar-refractivity contribution in [2.75, 3.05) is 18.2 Å². The van der Waals surface area contributed by atoms with Gasteiger partial charge in [0.15, 0.2) is 16.1 Å². The topological polar surface area (TPSA) is 111 Å². The van der Waals surface area contributed by atoms with Gasteiger partial charge in [0.05, 0.1) is 29.1 Å². The van der Waals surface area contributed by atoms with Crippen molar-refractivity contribution < 1.29 is 14.3 Å². The molecule has 2 aromatic carbocycles. The summed E-state index contributed by atoms with van der Waals surface area (Å²) in [6.07, 6.45) is 0. The lowest BCUT2D eigenvalue weighted by molar-refractivity contribution is -0.113. The molecule has 2 heterocycles. The number of nitrogens with zero attached hydrogens (tertiary/aromatic N) is 4. The highest BCUT2D eigenvalue weighted by molar-refractivity contribution is 7.99. The molecule has 0 bridgehead atoms. The van der Waals surface area contributed by atoms with Gasteiger partial charge < -0.3 is 19.9 Å². The Morgan fingerprint density at radius 3 is 2.73 bits per heavy atom. The van der Waals surface area contributed by atoms with E-state index >= 15 is 0 Å². The maximum absolute atomic E-state index is 12.4. The number of rotatable bonds is 8. The van der Waals surface area contributed by atoms with E-state index in [1.807, 2.05) is 50.4 Å². The number of hydrogen-bond donors (Lipinski definition) is 2. The largest absolute Gasteiger partial charge is 0.497 e. The van der Waals surface area contributed by atoms with E-state index < -0.39 is 0 Å². The van der Waals surface area contributed by atoms with E-state index in [9.17, 15) is 9.59 Å². The zero-order valence-corrected chi connectivity index (χ0v) is 19.9. The van der Waals surface area contributed by atoms with Crippen molar-refractivity contribution in [1.82, 2.24) is 25.1 Å². The van der Waals surface area contributed by atoms with E-state index in [4.69, 9.17) is 4.74 Å². The van der Waals surface area contributed by atoms with E-state index in [-0.39, 0.29) is 23.6 Å². The van der Waals surface area contributed by atoms with Gasteiger partial charge in [-0.2, -0.15) is 0 Å². The fourth-order valence-corrected chi connectivity index (χ4v) is 4.76. The van der Waals surface area contributed by atoms with Crippen molar-refractivity contribution in [2.45, 2.75) is 18.1 Å². The van der Waals surface area contributed by atoms with Gasteiger partial charge in [0, 0.05) is 12.6 Å². The zero-order chi connectivity index (χ0) is 23.4. The second-order valence-corrected chi connectivity index (χ2v) is 9.12. The maximum atomic E-state index is 12.4. The molecular weight excluding hydrogens is 460 g/mol. The molecule has 0 saturated heterocycles. The van der Waals surface area contributed by atoms with Crippen LogP contribution in [0.1, 0.15) is 29.1 Å². The third-order valence-corrected chi connectivity index (χ3v) is 6.77. The monoisotopic (exact) mass is 482 g/mol. The highest BCUT2D eigenvalue weighted by Crippen LogP contribution is 2.29. The normalized spacial score (nSPS) is 11.8. The summed E-state index contributed by atoms with van der Waals surface area (Å²) < 4.78 is 7.93. The zero-order valence-electron chi connectivity index (χ0n) is 18.2. The molecule has 0 unspecified atom stereocenters. The molecule has 0 aliphatic heterocycles. The first-order chi connectivity index (χ1) is 15.9. The van der Waals surface area contributed by atoms with Crippen LogP contribution in [-0.4, -0.2) is 44.4 Å².